The molecule has 0 aromatic heterocycles. The maximum atomic E-state index is 12.9. The summed E-state index contributed by atoms with van der Waals surface area (Å²) < 4.78 is 11.2. The summed E-state index contributed by atoms with van der Waals surface area (Å²) in [6.45, 7) is 3.57. The molecule has 0 aliphatic carbocycles. The summed E-state index contributed by atoms with van der Waals surface area (Å²) in [6.07, 6.45) is 2.22. The third-order valence-corrected chi connectivity index (χ3v) is 5.18. The molecule has 0 N–H and O–H groups in total. The molecule has 2 amide bonds. The molecule has 0 fully saturated rings. The van der Waals surface area contributed by atoms with Crippen molar-refractivity contribution in [3.63, 3.8) is 0 Å². The molecule has 0 saturated carbocycles. The summed E-state index contributed by atoms with van der Waals surface area (Å²) in [5.74, 6) is 1.24. The molecule has 2 aromatic carbocycles. The molecule has 0 unspecified atom stereocenters. The van der Waals surface area contributed by atoms with Gasteiger partial charge in [-0.2, -0.15) is 0 Å². The Morgan fingerprint density at radius 1 is 1.07 bits per heavy atom. The van der Waals surface area contributed by atoms with Crippen molar-refractivity contribution in [3.8, 4) is 11.5 Å². The molecular weight excluding hydrogens is 356 g/mol. The first-order chi connectivity index (χ1) is 13.6. The molecule has 2 aromatic rings. The van der Waals surface area contributed by atoms with Gasteiger partial charge in [0.2, 0.25) is 11.8 Å². The van der Waals surface area contributed by atoms with Crippen LogP contribution in [0.2, 0.25) is 0 Å². The first-order valence-electron chi connectivity index (χ1n) is 9.69. The van der Waals surface area contributed by atoms with Gasteiger partial charge in [-0.15, -0.1) is 0 Å². The van der Waals surface area contributed by atoms with E-state index in [9.17, 15) is 9.59 Å². The Labute approximate surface area is 164 Å². The van der Waals surface area contributed by atoms with Crippen LogP contribution in [-0.2, 0) is 16.0 Å². The van der Waals surface area contributed by atoms with Crippen LogP contribution in [0.25, 0.3) is 0 Å². The van der Waals surface area contributed by atoms with Gasteiger partial charge in [-0.3, -0.25) is 9.59 Å². The third kappa shape index (κ3) is 3.67. The maximum Gasteiger partial charge on any atom is 0.228 e. The highest BCUT2D eigenvalue weighted by Crippen LogP contribution is 2.34. The molecule has 6 heteroatoms. The van der Waals surface area contributed by atoms with Crippen molar-refractivity contribution in [3.05, 3.63) is 48.0 Å². The standard InChI is InChI=1S/C22H24N2O4/c1-16(25)23(18-8-9-20-21(15-18)28-14-13-27-20)12-10-22(26)24-11-4-6-17-5-2-3-7-19(17)24/h2-3,5,7-9,15H,4,6,10-14H2,1H3. The molecule has 0 radical (unpaired) electrons. The average molecular weight is 380 g/mol. The first-order valence-corrected chi connectivity index (χ1v) is 9.69. The zero-order valence-corrected chi connectivity index (χ0v) is 16.0. The van der Waals surface area contributed by atoms with Crippen molar-refractivity contribution in [1.29, 1.82) is 0 Å². The highest BCUT2D eigenvalue weighted by Gasteiger charge is 2.24. The van der Waals surface area contributed by atoms with Crippen LogP contribution in [0.3, 0.4) is 0 Å². The van der Waals surface area contributed by atoms with Crippen LogP contribution in [-0.4, -0.2) is 38.1 Å². The Balaban J connectivity index is 1.48. The van der Waals surface area contributed by atoms with Crippen molar-refractivity contribution < 1.29 is 19.1 Å². The van der Waals surface area contributed by atoms with E-state index in [-0.39, 0.29) is 18.2 Å². The number of fused-ring (bicyclic) bond motifs is 2. The molecule has 2 aliphatic rings. The lowest BCUT2D eigenvalue weighted by Crippen LogP contribution is -2.39. The molecule has 0 bridgehead atoms. The van der Waals surface area contributed by atoms with Crippen molar-refractivity contribution in [2.24, 2.45) is 0 Å². The molecular formula is C22H24N2O4. The minimum Gasteiger partial charge on any atom is -0.486 e. The number of benzene rings is 2. The van der Waals surface area contributed by atoms with E-state index >= 15 is 0 Å². The number of nitrogens with zero attached hydrogens (tertiary/aromatic N) is 2. The van der Waals surface area contributed by atoms with Crippen molar-refractivity contribution in [2.45, 2.75) is 26.2 Å². The van der Waals surface area contributed by atoms with Crippen molar-refractivity contribution in [1.82, 2.24) is 0 Å². The Bertz CT molecular complexity index is 896. The van der Waals surface area contributed by atoms with E-state index in [1.165, 1.54) is 12.5 Å². The SMILES string of the molecule is CC(=O)N(CCC(=O)N1CCCc2ccccc21)c1ccc2c(c1)OCCO2. The molecule has 28 heavy (non-hydrogen) atoms. The van der Waals surface area contributed by atoms with E-state index in [0.29, 0.717) is 36.9 Å². The van der Waals surface area contributed by atoms with Crippen molar-refractivity contribution in [2.75, 3.05) is 36.1 Å². The number of para-hydroxylation sites is 1. The fourth-order valence-electron chi connectivity index (χ4n) is 3.80. The topological polar surface area (TPSA) is 59.1 Å². The van der Waals surface area contributed by atoms with Gasteiger partial charge in [0.05, 0.1) is 0 Å². The number of ether oxygens (including phenoxy) is 2. The molecule has 0 saturated heterocycles. The molecule has 4 rings (SSSR count). The lowest BCUT2D eigenvalue weighted by atomic mass is 10.0. The monoisotopic (exact) mass is 380 g/mol. The second-order valence-electron chi connectivity index (χ2n) is 7.03. The fraction of sp³-hybridized carbons (Fsp3) is 0.364. The number of anilines is 2. The Morgan fingerprint density at radius 3 is 2.68 bits per heavy atom. The molecule has 2 aliphatic heterocycles. The van der Waals surface area contributed by atoms with Crippen LogP contribution in [0, 0.1) is 0 Å². The van der Waals surface area contributed by atoms with E-state index in [1.54, 1.807) is 11.0 Å². The summed E-state index contributed by atoms with van der Waals surface area (Å²) in [4.78, 5) is 28.6. The number of hydrogen-bond donors (Lipinski definition) is 0. The summed E-state index contributed by atoms with van der Waals surface area (Å²) in [7, 11) is 0. The maximum absolute atomic E-state index is 12.9. The molecule has 0 spiro atoms. The van der Waals surface area contributed by atoms with Gasteiger partial charge in [0.1, 0.15) is 13.2 Å². The third-order valence-electron chi connectivity index (χ3n) is 5.18. The Hall–Kier alpha value is -3.02. The summed E-state index contributed by atoms with van der Waals surface area (Å²) in [5, 5.41) is 0. The van der Waals surface area contributed by atoms with E-state index < -0.39 is 0 Å². The number of carbonyl (C=O) groups excluding carboxylic acids is 2. The smallest absolute Gasteiger partial charge is 0.228 e. The van der Waals surface area contributed by atoms with E-state index in [0.717, 1.165) is 25.1 Å². The highest BCUT2D eigenvalue weighted by atomic mass is 16.6. The van der Waals surface area contributed by atoms with Crippen molar-refractivity contribution >= 4 is 23.2 Å². The number of carbonyl (C=O) groups is 2. The average Bonchev–Trinajstić information content (AvgIpc) is 2.73. The first kappa shape index (κ1) is 18.3. The fourth-order valence-corrected chi connectivity index (χ4v) is 3.80. The lowest BCUT2D eigenvalue weighted by Gasteiger charge is -2.30. The molecule has 2 heterocycles. The second kappa shape index (κ2) is 7.92. The minimum atomic E-state index is -0.108. The van der Waals surface area contributed by atoms with E-state index in [1.807, 2.05) is 35.2 Å². The van der Waals surface area contributed by atoms with Gasteiger partial charge in [-0.1, -0.05) is 18.2 Å². The Kier molecular flexibility index (Phi) is 5.19. The van der Waals surface area contributed by atoms with Gasteiger partial charge in [-0.25, -0.2) is 0 Å². The van der Waals surface area contributed by atoms with Crippen LogP contribution in [0.15, 0.2) is 42.5 Å². The van der Waals surface area contributed by atoms with Crippen LogP contribution >= 0.6 is 0 Å². The lowest BCUT2D eigenvalue weighted by molar-refractivity contribution is -0.118. The number of hydrogen-bond acceptors (Lipinski definition) is 4. The second-order valence-corrected chi connectivity index (χ2v) is 7.03. The normalized spacial score (nSPS) is 15.0. The zero-order valence-electron chi connectivity index (χ0n) is 16.0. The van der Waals surface area contributed by atoms with E-state index in [4.69, 9.17) is 9.47 Å². The summed E-state index contributed by atoms with van der Waals surface area (Å²) in [6, 6.07) is 13.5. The van der Waals surface area contributed by atoms with Gasteiger partial charge in [0.25, 0.3) is 0 Å². The van der Waals surface area contributed by atoms with Gasteiger partial charge in [0.15, 0.2) is 11.5 Å². The quantitative estimate of drug-likeness (QED) is 0.817. The van der Waals surface area contributed by atoms with E-state index in [2.05, 4.69) is 6.07 Å². The van der Waals surface area contributed by atoms with Gasteiger partial charge in [-0.05, 0) is 36.6 Å². The van der Waals surface area contributed by atoms with Gasteiger partial charge >= 0.3 is 0 Å². The van der Waals surface area contributed by atoms with Crippen LogP contribution in [0.1, 0.15) is 25.3 Å². The predicted molar refractivity (Wildman–Crippen MR) is 107 cm³/mol. The minimum absolute atomic E-state index is 0.0379. The number of rotatable bonds is 4. The van der Waals surface area contributed by atoms with Gasteiger partial charge < -0.3 is 19.3 Å². The van der Waals surface area contributed by atoms with Crippen LogP contribution < -0.4 is 19.3 Å². The number of aryl methyl sites for hydroxylation is 1. The van der Waals surface area contributed by atoms with Crippen LogP contribution in [0.4, 0.5) is 11.4 Å². The Morgan fingerprint density at radius 2 is 1.86 bits per heavy atom. The summed E-state index contributed by atoms with van der Waals surface area (Å²) >= 11 is 0. The zero-order chi connectivity index (χ0) is 19.5. The molecule has 146 valence electrons. The van der Waals surface area contributed by atoms with Gasteiger partial charge in [0, 0.05) is 43.9 Å². The highest BCUT2D eigenvalue weighted by molar-refractivity contribution is 5.97. The molecule has 0 atom stereocenters. The van der Waals surface area contributed by atoms with Crippen LogP contribution in [0.5, 0.6) is 11.5 Å². The summed E-state index contributed by atoms with van der Waals surface area (Å²) in [5.41, 5.74) is 2.91. The largest absolute Gasteiger partial charge is 0.486 e. The number of amides is 2. The molecule has 6 nitrogen and oxygen atoms in total. The predicted octanol–water partition coefficient (Wildman–Crippen LogP) is 3.18.